The minimum atomic E-state index is -0.284. The molecule has 0 saturated heterocycles. The highest BCUT2D eigenvalue weighted by Crippen LogP contribution is 2.05. The first-order valence-corrected chi connectivity index (χ1v) is 5.72. The molecular formula is C11H13ClN4O. The van der Waals surface area contributed by atoms with Crippen LogP contribution >= 0.6 is 11.6 Å². The molecule has 0 aliphatic carbocycles. The van der Waals surface area contributed by atoms with E-state index in [1.165, 1.54) is 10.8 Å². The predicted molar refractivity (Wildman–Crippen MR) is 65.2 cm³/mol. The Balaban J connectivity index is 2.34. The van der Waals surface area contributed by atoms with Gasteiger partial charge in [-0.3, -0.25) is 9.48 Å². The second-order valence-electron chi connectivity index (χ2n) is 3.76. The van der Waals surface area contributed by atoms with Gasteiger partial charge >= 0.3 is 0 Å². The molecule has 0 fully saturated rings. The molecule has 0 spiro atoms. The lowest BCUT2D eigenvalue weighted by molar-refractivity contribution is 0.646. The van der Waals surface area contributed by atoms with Crippen LogP contribution in [0.4, 0.5) is 0 Å². The topological polar surface area (TPSA) is 52.7 Å². The third-order valence-electron chi connectivity index (χ3n) is 2.59. The van der Waals surface area contributed by atoms with Crippen LogP contribution in [-0.2, 0) is 20.0 Å². The molecule has 0 atom stereocenters. The fourth-order valence-corrected chi connectivity index (χ4v) is 1.78. The molecule has 0 aliphatic heterocycles. The second kappa shape index (κ2) is 4.71. The van der Waals surface area contributed by atoms with Gasteiger partial charge < -0.3 is 4.57 Å². The van der Waals surface area contributed by atoms with Crippen LogP contribution in [0, 0.1) is 0 Å². The number of nitrogens with zero attached hydrogens (tertiary/aromatic N) is 4. The number of hydrogen-bond acceptors (Lipinski definition) is 3. The minimum absolute atomic E-state index is 0.00890. The lowest BCUT2D eigenvalue weighted by Gasteiger charge is -2.05. The minimum Gasteiger partial charge on any atom is -0.305 e. The molecule has 90 valence electrons. The summed E-state index contributed by atoms with van der Waals surface area (Å²) >= 11 is 5.69. The maximum atomic E-state index is 11.7. The Morgan fingerprint density at radius 1 is 1.47 bits per heavy atom. The van der Waals surface area contributed by atoms with Crippen LogP contribution in [-0.4, -0.2) is 19.3 Å². The van der Waals surface area contributed by atoms with Crippen molar-refractivity contribution in [1.82, 2.24) is 19.3 Å². The lowest BCUT2D eigenvalue weighted by Crippen LogP contribution is -2.22. The Morgan fingerprint density at radius 2 is 2.24 bits per heavy atom. The van der Waals surface area contributed by atoms with E-state index < -0.39 is 0 Å². The van der Waals surface area contributed by atoms with Crippen molar-refractivity contribution >= 4 is 11.6 Å². The summed E-state index contributed by atoms with van der Waals surface area (Å²) in [6.07, 6.45) is 4.01. The Morgan fingerprint density at radius 3 is 2.88 bits per heavy atom. The maximum Gasteiger partial charge on any atom is 0.288 e. The standard InChI is InChI=1S/C11H13ClN4O/c1-3-8-6-9(15(2)14-8)7-16-5-4-13-10(12)11(16)17/h4-6H,3,7H2,1-2H3. The summed E-state index contributed by atoms with van der Waals surface area (Å²) in [5, 5.41) is 4.32. The average Bonchev–Trinajstić information content (AvgIpc) is 2.66. The SMILES string of the molecule is CCc1cc(Cn2ccnc(Cl)c2=O)n(C)n1. The van der Waals surface area contributed by atoms with Crippen LogP contribution in [0.3, 0.4) is 0 Å². The van der Waals surface area contributed by atoms with Crippen molar-refractivity contribution < 1.29 is 0 Å². The van der Waals surface area contributed by atoms with Crippen molar-refractivity contribution in [1.29, 1.82) is 0 Å². The van der Waals surface area contributed by atoms with Crippen molar-refractivity contribution in [2.45, 2.75) is 19.9 Å². The first kappa shape index (κ1) is 11.9. The van der Waals surface area contributed by atoms with Crippen molar-refractivity contribution in [2.24, 2.45) is 7.05 Å². The molecule has 6 heteroatoms. The summed E-state index contributed by atoms with van der Waals surface area (Å²) in [5.41, 5.74) is 1.69. The van der Waals surface area contributed by atoms with Crippen LogP contribution in [0.5, 0.6) is 0 Å². The van der Waals surface area contributed by atoms with E-state index in [-0.39, 0.29) is 10.7 Å². The van der Waals surface area contributed by atoms with E-state index in [0.29, 0.717) is 6.54 Å². The molecule has 2 aromatic heterocycles. The van der Waals surface area contributed by atoms with Crippen molar-refractivity contribution in [3.63, 3.8) is 0 Å². The van der Waals surface area contributed by atoms with Crippen LogP contribution in [0.2, 0.25) is 5.15 Å². The maximum absolute atomic E-state index is 11.7. The monoisotopic (exact) mass is 252 g/mol. The van der Waals surface area contributed by atoms with E-state index in [2.05, 4.69) is 10.1 Å². The van der Waals surface area contributed by atoms with Crippen molar-refractivity contribution in [2.75, 3.05) is 0 Å². The van der Waals surface area contributed by atoms with Crippen LogP contribution in [0.15, 0.2) is 23.3 Å². The number of aryl methyl sites for hydroxylation is 2. The summed E-state index contributed by atoms with van der Waals surface area (Å²) in [5.74, 6) is 0. The van der Waals surface area contributed by atoms with E-state index in [9.17, 15) is 4.79 Å². The van der Waals surface area contributed by atoms with Gasteiger partial charge in [-0.05, 0) is 12.5 Å². The third-order valence-corrected chi connectivity index (χ3v) is 2.85. The zero-order chi connectivity index (χ0) is 12.4. The number of hydrogen-bond donors (Lipinski definition) is 0. The molecule has 0 radical (unpaired) electrons. The molecule has 5 nitrogen and oxygen atoms in total. The highest BCUT2D eigenvalue weighted by molar-refractivity contribution is 6.29. The van der Waals surface area contributed by atoms with Gasteiger partial charge in [0.1, 0.15) is 0 Å². The van der Waals surface area contributed by atoms with E-state index in [0.717, 1.165) is 17.8 Å². The smallest absolute Gasteiger partial charge is 0.288 e. The Bertz CT molecular complexity index is 587. The molecule has 0 N–H and O–H groups in total. The summed E-state index contributed by atoms with van der Waals surface area (Å²) in [6.45, 7) is 2.49. The van der Waals surface area contributed by atoms with E-state index >= 15 is 0 Å². The van der Waals surface area contributed by atoms with Gasteiger partial charge in [0, 0.05) is 19.4 Å². The highest BCUT2D eigenvalue weighted by atomic mass is 35.5. The molecule has 0 amide bonds. The van der Waals surface area contributed by atoms with Crippen molar-refractivity contribution in [3.05, 3.63) is 45.4 Å². The largest absolute Gasteiger partial charge is 0.305 e. The molecule has 17 heavy (non-hydrogen) atoms. The molecule has 2 rings (SSSR count). The molecule has 0 bridgehead atoms. The zero-order valence-corrected chi connectivity index (χ0v) is 10.5. The fourth-order valence-electron chi connectivity index (χ4n) is 1.61. The summed E-state index contributed by atoms with van der Waals surface area (Å²) in [7, 11) is 1.86. The Labute approximate surface area is 104 Å². The molecule has 2 heterocycles. The van der Waals surface area contributed by atoms with E-state index in [4.69, 9.17) is 11.6 Å². The fraction of sp³-hybridized carbons (Fsp3) is 0.364. The van der Waals surface area contributed by atoms with Gasteiger partial charge in [0.15, 0.2) is 5.15 Å². The van der Waals surface area contributed by atoms with Crippen LogP contribution < -0.4 is 5.56 Å². The van der Waals surface area contributed by atoms with Gasteiger partial charge in [0.2, 0.25) is 0 Å². The third kappa shape index (κ3) is 2.39. The summed E-state index contributed by atoms with van der Waals surface area (Å²) in [4.78, 5) is 15.4. The van der Waals surface area contributed by atoms with Gasteiger partial charge in [-0.15, -0.1) is 0 Å². The van der Waals surface area contributed by atoms with Gasteiger partial charge in [-0.2, -0.15) is 5.10 Å². The zero-order valence-electron chi connectivity index (χ0n) is 9.72. The second-order valence-corrected chi connectivity index (χ2v) is 4.11. The predicted octanol–water partition coefficient (Wildman–Crippen LogP) is 1.24. The van der Waals surface area contributed by atoms with Gasteiger partial charge in [0.05, 0.1) is 17.9 Å². The lowest BCUT2D eigenvalue weighted by atomic mass is 10.3. The molecule has 0 unspecified atom stereocenters. The quantitative estimate of drug-likeness (QED) is 0.826. The molecule has 0 saturated carbocycles. The van der Waals surface area contributed by atoms with Gasteiger partial charge in [-0.1, -0.05) is 18.5 Å². The normalized spacial score (nSPS) is 10.8. The first-order valence-electron chi connectivity index (χ1n) is 5.34. The number of aromatic nitrogens is 4. The number of rotatable bonds is 3. The molecule has 2 aromatic rings. The van der Waals surface area contributed by atoms with Crippen LogP contribution in [0.1, 0.15) is 18.3 Å². The van der Waals surface area contributed by atoms with E-state index in [1.54, 1.807) is 10.9 Å². The van der Waals surface area contributed by atoms with Crippen molar-refractivity contribution in [3.8, 4) is 0 Å². The summed E-state index contributed by atoms with van der Waals surface area (Å²) in [6, 6.07) is 1.99. The Hall–Kier alpha value is -1.62. The van der Waals surface area contributed by atoms with Gasteiger partial charge in [-0.25, -0.2) is 4.98 Å². The summed E-state index contributed by atoms with van der Waals surface area (Å²) < 4.78 is 3.30. The van der Waals surface area contributed by atoms with E-state index in [1.807, 2.05) is 20.0 Å². The molecule has 0 aliphatic rings. The molecular weight excluding hydrogens is 240 g/mol. The Kier molecular flexibility index (Phi) is 3.28. The first-order chi connectivity index (χ1) is 8.11. The van der Waals surface area contributed by atoms with Gasteiger partial charge in [0.25, 0.3) is 5.56 Å². The molecule has 0 aromatic carbocycles. The van der Waals surface area contributed by atoms with Crippen LogP contribution in [0.25, 0.3) is 0 Å². The highest BCUT2D eigenvalue weighted by Gasteiger charge is 2.07. The average molecular weight is 253 g/mol. The number of halogens is 1.